The van der Waals surface area contributed by atoms with Crippen LogP contribution in [0.15, 0.2) is 18.5 Å². The molecule has 1 aromatic heterocycles. The summed E-state index contributed by atoms with van der Waals surface area (Å²) in [4.78, 5) is 22.1. The third-order valence-corrected chi connectivity index (χ3v) is 4.15. The first-order valence-electron chi connectivity index (χ1n) is 7.75. The minimum Gasteiger partial charge on any atom is -0.338 e. The normalized spacial score (nSPS) is 16.1. The lowest BCUT2D eigenvalue weighted by atomic mass is 9.86. The molecule has 4 heteroatoms. The molecule has 0 atom stereocenters. The Bertz CT molecular complexity index is 401. The summed E-state index contributed by atoms with van der Waals surface area (Å²) >= 11 is 0. The average Bonchev–Trinajstić information content (AvgIpc) is 2.49. The average molecular weight is 275 g/mol. The quantitative estimate of drug-likeness (QED) is 0.801. The maximum Gasteiger partial charge on any atom is 0.222 e. The van der Waals surface area contributed by atoms with E-state index in [9.17, 15) is 4.79 Å². The van der Waals surface area contributed by atoms with Crippen molar-refractivity contribution >= 4 is 5.91 Å². The summed E-state index contributed by atoms with van der Waals surface area (Å²) in [7, 11) is 1.83. The molecule has 1 amide bonds. The van der Waals surface area contributed by atoms with E-state index in [0.29, 0.717) is 18.8 Å². The molecule has 4 nitrogen and oxygen atoms in total. The summed E-state index contributed by atoms with van der Waals surface area (Å²) in [6, 6.07) is 1.79. The first-order valence-corrected chi connectivity index (χ1v) is 7.75. The summed E-state index contributed by atoms with van der Waals surface area (Å²) in [5.74, 6) is 1.77. The Balaban J connectivity index is 1.66. The second-order valence-corrected chi connectivity index (χ2v) is 5.81. The number of carbonyl (C=O) groups excluding carboxylic acids is 1. The molecule has 0 aliphatic heterocycles. The number of rotatable bonds is 6. The van der Waals surface area contributed by atoms with E-state index in [1.807, 2.05) is 7.05 Å². The Hall–Kier alpha value is -1.45. The number of hydrogen-bond donors (Lipinski definition) is 0. The van der Waals surface area contributed by atoms with Crippen LogP contribution in [0.5, 0.6) is 0 Å². The van der Waals surface area contributed by atoms with Gasteiger partial charge in [-0.05, 0) is 24.8 Å². The van der Waals surface area contributed by atoms with Gasteiger partial charge in [0.05, 0.1) is 6.54 Å². The van der Waals surface area contributed by atoms with Crippen LogP contribution >= 0.6 is 0 Å². The molecular formula is C16H25N3O. The van der Waals surface area contributed by atoms with Crippen LogP contribution in [0.3, 0.4) is 0 Å². The SMILES string of the molecule is CN(Cc1ncccn1)C(=O)CCCC1CCCCC1. The van der Waals surface area contributed by atoms with Crippen LogP contribution < -0.4 is 0 Å². The largest absolute Gasteiger partial charge is 0.338 e. The van der Waals surface area contributed by atoms with Crippen molar-refractivity contribution < 1.29 is 4.79 Å². The maximum atomic E-state index is 12.1. The van der Waals surface area contributed by atoms with Gasteiger partial charge in [-0.1, -0.05) is 32.1 Å². The molecule has 0 aromatic carbocycles. The Labute approximate surface area is 121 Å². The fraction of sp³-hybridized carbons (Fsp3) is 0.688. The molecule has 110 valence electrons. The molecule has 0 radical (unpaired) electrons. The van der Waals surface area contributed by atoms with Gasteiger partial charge in [-0.15, -0.1) is 0 Å². The van der Waals surface area contributed by atoms with Crippen LogP contribution in [0.1, 0.15) is 57.2 Å². The number of hydrogen-bond acceptors (Lipinski definition) is 3. The highest BCUT2D eigenvalue weighted by molar-refractivity contribution is 5.75. The van der Waals surface area contributed by atoms with Gasteiger partial charge in [0.15, 0.2) is 0 Å². The van der Waals surface area contributed by atoms with Gasteiger partial charge in [0.25, 0.3) is 0 Å². The van der Waals surface area contributed by atoms with Crippen LogP contribution in [0, 0.1) is 5.92 Å². The Morgan fingerprint density at radius 2 is 1.95 bits per heavy atom. The van der Waals surface area contributed by atoms with Gasteiger partial charge >= 0.3 is 0 Å². The van der Waals surface area contributed by atoms with Gasteiger partial charge in [-0.2, -0.15) is 0 Å². The van der Waals surface area contributed by atoms with E-state index in [-0.39, 0.29) is 5.91 Å². The van der Waals surface area contributed by atoms with Gasteiger partial charge in [-0.3, -0.25) is 4.79 Å². The van der Waals surface area contributed by atoms with E-state index >= 15 is 0 Å². The van der Waals surface area contributed by atoms with Gasteiger partial charge in [0, 0.05) is 25.9 Å². The number of aromatic nitrogens is 2. The van der Waals surface area contributed by atoms with Crippen molar-refractivity contribution in [1.29, 1.82) is 0 Å². The van der Waals surface area contributed by atoms with E-state index in [1.165, 1.54) is 38.5 Å². The zero-order valence-electron chi connectivity index (χ0n) is 12.4. The van der Waals surface area contributed by atoms with Crippen molar-refractivity contribution in [3.8, 4) is 0 Å². The predicted molar refractivity (Wildman–Crippen MR) is 78.9 cm³/mol. The van der Waals surface area contributed by atoms with E-state index < -0.39 is 0 Å². The zero-order valence-corrected chi connectivity index (χ0v) is 12.4. The van der Waals surface area contributed by atoms with Crippen LogP contribution in [0.25, 0.3) is 0 Å². The second kappa shape index (κ2) is 7.98. The van der Waals surface area contributed by atoms with Crippen molar-refractivity contribution in [2.24, 2.45) is 5.92 Å². The van der Waals surface area contributed by atoms with Crippen LogP contribution in [0.2, 0.25) is 0 Å². The van der Waals surface area contributed by atoms with Gasteiger partial charge in [-0.25, -0.2) is 9.97 Å². The monoisotopic (exact) mass is 275 g/mol. The molecule has 1 aliphatic carbocycles. The van der Waals surface area contributed by atoms with E-state index in [0.717, 1.165) is 12.3 Å². The maximum absolute atomic E-state index is 12.1. The molecule has 1 fully saturated rings. The summed E-state index contributed by atoms with van der Waals surface area (Å²) < 4.78 is 0. The van der Waals surface area contributed by atoms with Crippen LogP contribution in [-0.2, 0) is 11.3 Å². The molecule has 1 heterocycles. The minimum absolute atomic E-state index is 0.202. The highest BCUT2D eigenvalue weighted by atomic mass is 16.2. The molecule has 2 rings (SSSR count). The Morgan fingerprint density at radius 1 is 1.25 bits per heavy atom. The summed E-state index contributed by atoms with van der Waals surface area (Å²) in [6.07, 6.45) is 13.2. The smallest absolute Gasteiger partial charge is 0.222 e. The molecule has 1 saturated carbocycles. The summed E-state index contributed by atoms with van der Waals surface area (Å²) in [6.45, 7) is 0.503. The molecule has 0 bridgehead atoms. The zero-order chi connectivity index (χ0) is 14.2. The van der Waals surface area contributed by atoms with E-state index in [2.05, 4.69) is 9.97 Å². The van der Waals surface area contributed by atoms with Crippen molar-refractivity contribution in [3.63, 3.8) is 0 Å². The summed E-state index contributed by atoms with van der Waals surface area (Å²) in [5.41, 5.74) is 0. The topological polar surface area (TPSA) is 46.1 Å². The Kier molecular flexibility index (Phi) is 5.96. The summed E-state index contributed by atoms with van der Waals surface area (Å²) in [5, 5.41) is 0. The van der Waals surface area contributed by atoms with Crippen molar-refractivity contribution in [1.82, 2.24) is 14.9 Å². The van der Waals surface area contributed by atoms with Gasteiger partial charge in [0.1, 0.15) is 5.82 Å². The third kappa shape index (κ3) is 4.91. The first-order chi connectivity index (χ1) is 9.75. The first kappa shape index (κ1) is 14.9. The van der Waals surface area contributed by atoms with Gasteiger partial charge < -0.3 is 4.90 Å². The highest BCUT2D eigenvalue weighted by Crippen LogP contribution is 2.27. The molecule has 1 aromatic rings. The van der Waals surface area contributed by atoms with Crippen molar-refractivity contribution in [2.45, 2.75) is 57.9 Å². The molecule has 1 aliphatic rings. The predicted octanol–water partition coefficient (Wildman–Crippen LogP) is 3.19. The lowest BCUT2D eigenvalue weighted by Crippen LogP contribution is -2.27. The molecule has 0 N–H and O–H groups in total. The minimum atomic E-state index is 0.202. The fourth-order valence-electron chi connectivity index (χ4n) is 2.92. The van der Waals surface area contributed by atoms with Crippen LogP contribution in [0.4, 0.5) is 0 Å². The number of nitrogens with zero attached hydrogens (tertiary/aromatic N) is 3. The second-order valence-electron chi connectivity index (χ2n) is 5.81. The third-order valence-electron chi connectivity index (χ3n) is 4.15. The highest BCUT2D eigenvalue weighted by Gasteiger charge is 2.15. The molecule has 0 saturated heterocycles. The molecule has 0 unspecified atom stereocenters. The van der Waals surface area contributed by atoms with E-state index in [1.54, 1.807) is 23.4 Å². The molecule has 20 heavy (non-hydrogen) atoms. The Morgan fingerprint density at radius 3 is 2.65 bits per heavy atom. The lowest BCUT2D eigenvalue weighted by Gasteiger charge is -2.22. The fourth-order valence-corrected chi connectivity index (χ4v) is 2.92. The molecular weight excluding hydrogens is 250 g/mol. The lowest BCUT2D eigenvalue weighted by molar-refractivity contribution is -0.130. The van der Waals surface area contributed by atoms with Gasteiger partial charge in [0.2, 0.25) is 5.91 Å². The van der Waals surface area contributed by atoms with E-state index in [4.69, 9.17) is 0 Å². The molecule has 0 spiro atoms. The van der Waals surface area contributed by atoms with Crippen molar-refractivity contribution in [2.75, 3.05) is 7.05 Å². The van der Waals surface area contributed by atoms with Crippen LogP contribution in [-0.4, -0.2) is 27.8 Å². The number of amides is 1. The standard InChI is InChI=1S/C16H25N3O/c1-19(13-15-17-11-6-12-18-15)16(20)10-5-9-14-7-3-2-4-8-14/h6,11-12,14H,2-5,7-10,13H2,1H3. The van der Waals surface area contributed by atoms with Crippen molar-refractivity contribution in [3.05, 3.63) is 24.3 Å². The number of carbonyl (C=O) groups is 1.